The summed E-state index contributed by atoms with van der Waals surface area (Å²) in [4.78, 5) is 12.1. The Bertz CT molecular complexity index is 557. The fourth-order valence-corrected chi connectivity index (χ4v) is 2.09. The van der Waals surface area contributed by atoms with Crippen LogP contribution in [0.4, 0.5) is 0 Å². The van der Waals surface area contributed by atoms with Crippen LogP contribution in [0.2, 0.25) is 0 Å². The van der Waals surface area contributed by atoms with Gasteiger partial charge in [0, 0.05) is 12.1 Å². The van der Waals surface area contributed by atoms with Crippen LogP contribution in [0.3, 0.4) is 0 Å². The van der Waals surface area contributed by atoms with Gasteiger partial charge in [0.05, 0.1) is 12.7 Å². The summed E-state index contributed by atoms with van der Waals surface area (Å²) in [6, 6.07) is 5.12. The summed E-state index contributed by atoms with van der Waals surface area (Å²) < 4.78 is 5.18. The third-order valence-corrected chi connectivity index (χ3v) is 3.56. The van der Waals surface area contributed by atoms with E-state index in [0.29, 0.717) is 22.8 Å². The molecule has 1 aliphatic rings. The van der Waals surface area contributed by atoms with Crippen LogP contribution in [0.15, 0.2) is 18.2 Å². The lowest BCUT2D eigenvalue weighted by Gasteiger charge is -2.07. The molecule has 1 aromatic carbocycles. The zero-order valence-corrected chi connectivity index (χ0v) is 11.8. The third-order valence-electron chi connectivity index (χ3n) is 3.56. The number of carbonyl (C=O) groups is 1. The molecule has 1 amide bonds. The first-order valence-corrected chi connectivity index (χ1v) is 6.71. The number of ether oxygens (including phenoxy) is 1. The zero-order valence-electron chi connectivity index (χ0n) is 11.8. The Morgan fingerprint density at radius 2 is 2.30 bits per heavy atom. The Labute approximate surface area is 119 Å². The number of methoxy groups -OCH3 is 1. The maximum atomic E-state index is 12.1. The van der Waals surface area contributed by atoms with Crippen LogP contribution in [0.25, 0.3) is 0 Å². The van der Waals surface area contributed by atoms with Gasteiger partial charge in [-0.15, -0.1) is 0 Å². The largest absolute Gasteiger partial charge is 0.495 e. The summed E-state index contributed by atoms with van der Waals surface area (Å²) in [5.74, 6) is 7.19. The highest BCUT2D eigenvalue weighted by Gasteiger charge is 2.32. The molecule has 4 nitrogen and oxygen atoms in total. The second-order valence-corrected chi connectivity index (χ2v) is 5.06. The fraction of sp³-hybridized carbons (Fsp3) is 0.438. The van der Waals surface area contributed by atoms with E-state index in [2.05, 4.69) is 24.1 Å². The van der Waals surface area contributed by atoms with Gasteiger partial charge in [-0.3, -0.25) is 4.79 Å². The predicted octanol–water partition coefficient (Wildman–Crippen LogP) is 1.42. The van der Waals surface area contributed by atoms with Crippen molar-refractivity contribution in [2.45, 2.75) is 13.3 Å². The second kappa shape index (κ2) is 6.44. The summed E-state index contributed by atoms with van der Waals surface area (Å²) in [7, 11) is 1.55. The molecule has 1 aromatic rings. The van der Waals surface area contributed by atoms with Crippen molar-refractivity contribution in [1.82, 2.24) is 5.32 Å². The van der Waals surface area contributed by atoms with Gasteiger partial charge >= 0.3 is 0 Å². The quantitative estimate of drug-likeness (QED) is 0.816. The smallest absolute Gasteiger partial charge is 0.251 e. The van der Waals surface area contributed by atoms with Crippen LogP contribution >= 0.6 is 0 Å². The number of hydrogen-bond acceptors (Lipinski definition) is 3. The van der Waals surface area contributed by atoms with Crippen LogP contribution < -0.4 is 10.1 Å². The lowest BCUT2D eigenvalue weighted by atomic mass is 10.1. The van der Waals surface area contributed by atoms with E-state index in [1.165, 1.54) is 6.42 Å². The van der Waals surface area contributed by atoms with Crippen molar-refractivity contribution in [3.05, 3.63) is 29.3 Å². The molecule has 2 unspecified atom stereocenters. The van der Waals surface area contributed by atoms with E-state index < -0.39 is 0 Å². The Balaban J connectivity index is 2.08. The number of rotatable bonds is 4. The highest BCUT2D eigenvalue weighted by molar-refractivity contribution is 5.94. The van der Waals surface area contributed by atoms with Gasteiger partial charge in [0.2, 0.25) is 0 Å². The molecule has 0 spiro atoms. The summed E-state index contributed by atoms with van der Waals surface area (Å²) in [5, 5.41) is 11.7. The normalized spacial score (nSPS) is 19.8. The van der Waals surface area contributed by atoms with Crippen LogP contribution in [0.5, 0.6) is 5.75 Å². The number of hydrogen-bond donors (Lipinski definition) is 2. The van der Waals surface area contributed by atoms with Gasteiger partial charge in [-0.25, -0.2) is 0 Å². The molecule has 0 aromatic heterocycles. The predicted molar refractivity (Wildman–Crippen MR) is 76.6 cm³/mol. The summed E-state index contributed by atoms with van der Waals surface area (Å²) in [6.45, 7) is 2.69. The van der Waals surface area contributed by atoms with Crippen molar-refractivity contribution in [3.63, 3.8) is 0 Å². The maximum absolute atomic E-state index is 12.1. The van der Waals surface area contributed by atoms with Crippen molar-refractivity contribution in [3.8, 4) is 17.6 Å². The van der Waals surface area contributed by atoms with Gasteiger partial charge in [0.15, 0.2) is 0 Å². The molecule has 2 N–H and O–H groups in total. The van der Waals surface area contributed by atoms with Crippen molar-refractivity contribution >= 4 is 5.91 Å². The van der Waals surface area contributed by atoms with Crippen LogP contribution in [-0.4, -0.2) is 31.3 Å². The van der Waals surface area contributed by atoms with Crippen LogP contribution in [-0.2, 0) is 0 Å². The van der Waals surface area contributed by atoms with Gasteiger partial charge in [-0.1, -0.05) is 18.8 Å². The molecule has 20 heavy (non-hydrogen) atoms. The zero-order chi connectivity index (χ0) is 14.5. The maximum Gasteiger partial charge on any atom is 0.251 e. The second-order valence-electron chi connectivity index (χ2n) is 5.06. The molecule has 1 aliphatic carbocycles. The molecular formula is C16H19NO3. The molecule has 0 saturated heterocycles. The molecule has 106 valence electrons. The molecular weight excluding hydrogens is 254 g/mol. The van der Waals surface area contributed by atoms with Gasteiger partial charge < -0.3 is 15.2 Å². The monoisotopic (exact) mass is 273 g/mol. The summed E-state index contributed by atoms with van der Waals surface area (Å²) >= 11 is 0. The van der Waals surface area contributed by atoms with Crippen molar-refractivity contribution < 1.29 is 14.6 Å². The van der Waals surface area contributed by atoms with E-state index in [0.717, 1.165) is 12.5 Å². The first-order valence-electron chi connectivity index (χ1n) is 6.71. The van der Waals surface area contributed by atoms with E-state index >= 15 is 0 Å². The van der Waals surface area contributed by atoms with Gasteiger partial charge in [0.25, 0.3) is 5.91 Å². The van der Waals surface area contributed by atoms with E-state index in [4.69, 9.17) is 9.84 Å². The van der Waals surface area contributed by atoms with Crippen LogP contribution in [0, 0.1) is 23.7 Å². The molecule has 0 radical (unpaired) electrons. The molecule has 4 heteroatoms. The SMILES string of the molecule is COc1ccc(C(=O)NCC2CC2C)cc1C#CCO. The topological polar surface area (TPSA) is 58.6 Å². The van der Waals surface area contributed by atoms with Gasteiger partial charge in [0.1, 0.15) is 12.4 Å². The first-order chi connectivity index (χ1) is 9.65. The van der Waals surface area contributed by atoms with E-state index in [9.17, 15) is 4.79 Å². The van der Waals surface area contributed by atoms with Crippen molar-refractivity contribution in [1.29, 1.82) is 0 Å². The molecule has 2 rings (SSSR count). The summed E-state index contributed by atoms with van der Waals surface area (Å²) in [6.07, 6.45) is 1.19. The van der Waals surface area contributed by atoms with E-state index in [1.807, 2.05) is 0 Å². The van der Waals surface area contributed by atoms with Crippen molar-refractivity contribution in [2.24, 2.45) is 11.8 Å². The number of aliphatic hydroxyl groups is 1. The number of carbonyl (C=O) groups excluding carboxylic acids is 1. The van der Waals surface area contributed by atoms with E-state index in [-0.39, 0.29) is 12.5 Å². The molecule has 0 aliphatic heterocycles. The number of benzene rings is 1. The Morgan fingerprint density at radius 1 is 1.55 bits per heavy atom. The molecule has 0 heterocycles. The van der Waals surface area contributed by atoms with Gasteiger partial charge in [-0.05, 0) is 36.5 Å². The minimum Gasteiger partial charge on any atom is -0.495 e. The fourth-order valence-electron chi connectivity index (χ4n) is 2.09. The van der Waals surface area contributed by atoms with E-state index in [1.54, 1.807) is 25.3 Å². The average molecular weight is 273 g/mol. The number of amides is 1. The Hall–Kier alpha value is -1.99. The minimum absolute atomic E-state index is 0.0983. The van der Waals surface area contributed by atoms with Crippen LogP contribution in [0.1, 0.15) is 29.3 Å². The molecule has 2 atom stereocenters. The standard InChI is InChI=1S/C16H19NO3/c1-11-8-14(11)10-17-16(19)13-5-6-15(20-2)12(9-13)4-3-7-18/h5-6,9,11,14,18H,7-8,10H2,1-2H3,(H,17,19). The average Bonchev–Trinajstić information content (AvgIpc) is 3.18. The lowest BCUT2D eigenvalue weighted by molar-refractivity contribution is 0.0951. The highest BCUT2D eigenvalue weighted by Crippen LogP contribution is 2.36. The molecule has 1 saturated carbocycles. The first kappa shape index (κ1) is 14.4. The minimum atomic E-state index is -0.223. The summed E-state index contributed by atoms with van der Waals surface area (Å²) in [5.41, 5.74) is 1.16. The molecule has 0 bridgehead atoms. The Morgan fingerprint density at radius 3 is 2.90 bits per heavy atom. The van der Waals surface area contributed by atoms with Crippen molar-refractivity contribution in [2.75, 3.05) is 20.3 Å². The lowest BCUT2D eigenvalue weighted by Crippen LogP contribution is -2.25. The molecule has 1 fully saturated rings. The van der Waals surface area contributed by atoms with Gasteiger partial charge in [-0.2, -0.15) is 0 Å². The number of aliphatic hydroxyl groups excluding tert-OH is 1. The Kier molecular flexibility index (Phi) is 4.65. The third kappa shape index (κ3) is 3.52. The highest BCUT2D eigenvalue weighted by atomic mass is 16.5. The number of nitrogens with one attached hydrogen (secondary N) is 1.